The zero-order valence-corrected chi connectivity index (χ0v) is 11.5. The molecule has 0 radical (unpaired) electrons. The normalized spacial score (nSPS) is 28.3. The first-order valence-corrected chi connectivity index (χ1v) is 6.93. The second-order valence-electron chi connectivity index (χ2n) is 5.87. The summed E-state index contributed by atoms with van der Waals surface area (Å²) in [6, 6.07) is 1.20. The maximum absolute atomic E-state index is 5.67. The first kappa shape index (κ1) is 14.0. The lowest BCUT2D eigenvalue weighted by Crippen LogP contribution is -2.44. The van der Waals surface area contributed by atoms with Crippen molar-refractivity contribution in [2.75, 3.05) is 13.2 Å². The molecule has 0 spiro atoms. The van der Waals surface area contributed by atoms with Crippen LogP contribution in [0.5, 0.6) is 0 Å². The van der Waals surface area contributed by atoms with Gasteiger partial charge in [0, 0.05) is 18.7 Å². The van der Waals surface area contributed by atoms with E-state index in [1.807, 2.05) is 0 Å². The Kier molecular flexibility index (Phi) is 6.37. The van der Waals surface area contributed by atoms with Gasteiger partial charge in [0.2, 0.25) is 0 Å². The lowest BCUT2D eigenvalue weighted by Gasteiger charge is -2.32. The van der Waals surface area contributed by atoms with E-state index in [0.29, 0.717) is 18.0 Å². The highest BCUT2D eigenvalue weighted by Gasteiger charge is 2.22. The SMILES string of the molecule is CC(C)COCC(C)NC1CCCCC1C. The quantitative estimate of drug-likeness (QED) is 0.752. The van der Waals surface area contributed by atoms with Crippen molar-refractivity contribution < 1.29 is 4.74 Å². The van der Waals surface area contributed by atoms with E-state index in [4.69, 9.17) is 4.74 Å². The van der Waals surface area contributed by atoms with E-state index in [1.165, 1.54) is 25.7 Å². The number of hydrogen-bond donors (Lipinski definition) is 1. The molecule has 16 heavy (non-hydrogen) atoms. The smallest absolute Gasteiger partial charge is 0.0617 e. The molecule has 0 saturated heterocycles. The second kappa shape index (κ2) is 7.29. The average Bonchev–Trinajstić information content (AvgIpc) is 2.21. The number of nitrogens with one attached hydrogen (secondary N) is 1. The zero-order valence-electron chi connectivity index (χ0n) is 11.5. The molecule has 1 fully saturated rings. The minimum absolute atomic E-state index is 0.490. The Balaban J connectivity index is 2.14. The zero-order chi connectivity index (χ0) is 12.0. The predicted molar refractivity (Wildman–Crippen MR) is 69.7 cm³/mol. The Morgan fingerprint density at radius 1 is 1.12 bits per heavy atom. The van der Waals surface area contributed by atoms with Gasteiger partial charge in [-0.1, -0.05) is 33.6 Å². The van der Waals surface area contributed by atoms with E-state index < -0.39 is 0 Å². The Labute approximate surface area is 101 Å². The van der Waals surface area contributed by atoms with Crippen molar-refractivity contribution in [1.29, 1.82) is 0 Å². The van der Waals surface area contributed by atoms with Crippen LogP contribution in [0.1, 0.15) is 53.4 Å². The summed E-state index contributed by atoms with van der Waals surface area (Å²) in [7, 11) is 0. The van der Waals surface area contributed by atoms with Crippen LogP contribution in [0.3, 0.4) is 0 Å². The molecule has 0 amide bonds. The lowest BCUT2D eigenvalue weighted by atomic mass is 9.85. The molecule has 1 saturated carbocycles. The van der Waals surface area contributed by atoms with E-state index in [9.17, 15) is 0 Å². The highest BCUT2D eigenvalue weighted by Crippen LogP contribution is 2.23. The molecule has 0 aromatic heterocycles. The van der Waals surface area contributed by atoms with Gasteiger partial charge in [-0.15, -0.1) is 0 Å². The maximum Gasteiger partial charge on any atom is 0.0617 e. The molecule has 1 aliphatic rings. The summed E-state index contributed by atoms with van der Waals surface area (Å²) in [5, 5.41) is 3.72. The fourth-order valence-electron chi connectivity index (χ4n) is 2.46. The fourth-order valence-corrected chi connectivity index (χ4v) is 2.46. The lowest BCUT2D eigenvalue weighted by molar-refractivity contribution is 0.0863. The molecule has 2 heteroatoms. The van der Waals surface area contributed by atoms with Gasteiger partial charge in [-0.05, 0) is 31.6 Å². The molecule has 0 aromatic rings. The Morgan fingerprint density at radius 2 is 1.81 bits per heavy atom. The molecule has 1 N–H and O–H groups in total. The minimum Gasteiger partial charge on any atom is -0.380 e. The van der Waals surface area contributed by atoms with Gasteiger partial charge in [-0.2, -0.15) is 0 Å². The van der Waals surface area contributed by atoms with Crippen LogP contribution in [0.25, 0.3) is 0 Å². The van der Waals surface area contributed by atoms with Gasteiger partial charge in [0.15, 0.2) is 0 Å². The number of ether oxygens (including phenoxy) is 1. The van der Waals surface area contributed by atoms with Gasteiger partial charge in [-0.3, -0.25) is 0 Å². The molecule has 1 rings (SSSR count). The molecule has 0 aromatic carbocycles. The van der Waals surface area contributed by atoms with Gasteiger partial charge in [0.25, 0.3) is 0 Å². The van der Waals surface area contributed by atoms with Crippen LogP contribution in [0.4, 0.5) is 0 Å². The van der Waals surface area contributed by atoms with Crippen LogP contribution in [0.15, 0.2) is 0 Å². The molecule has 96 valence electrons. The van der Waals surface area contributed by atoms with Crippen LogP contribution in [0, 0.1) is 11.8 Å². The summed E-state index contributed by atoms with van der Waals surface area (Å²) in [5.74, 6) is 1.47. The summed E-state index contributed by atoms with van der Waals surface area (Å²) in [6.07, 6.45) is 5.53. The molecule has 3 atom stereocenters. The van der Waals surface area contributed by atoms with Crippen molar-refractivity contribution in [2.45, 2.75) is 65.5 Å². The highest BCUT2D eigenvalue weighted by atomic mass is 16.5. The molecule has 3 unspecified atom stereocenters. The van der Waals surface area contributed by atoms with E-state index in [0.717, 1.165) is 19.1 Å². The molecule has 0 aliphatic heterocycles. The fraction of sp³-hybridized carbons (Fsp3) is 1.00. The maximum atomic E-state index is 5.67. The molecule has 0 heterocycles. The molecule has 0 bridgehead atoms. The van der Waals surface area contributed by atoms with Gasteiger partial charge in [-0.25, -0.2) is 0 Å². The van der Waals surface area contributed by atoms with Crippen LogP contribution in [0.2, 0.25) is 0 Å². The largest absolute Gasteiger partial charge is 0.380 e. The van der Waals surface area contributed by atoms with Gasteiger partial charge in [0.05, 0.1) is 6.61 Å². The van der Waals surface area contributed by atoms with Crippen LogP contribution < -0.4 is 5.32 Å². The van der Waals surface area contributed by atoms with Crippen LogP contribution in [-0.2, 0) is 4.74 Å². The van der Waals surface area contributed by atoms with Crippen LogP contribution in [-0.4, -0.2) is 25.3 Å². The molecular weight excluding hydrogens is 198 g/mol. The van der Waals surface area contributed by atoms with Crippen molar-refractivity contribution in [3.8, 4) is 0 Å². The van der Waals surface area contributed by atoms with E-state index in [1.54, 1.807) is 0 Å². The van der Waals surface area contributed by atoms with E-state index in [-0.39, 0.29) is 0 Å². The third kappa shape index (κ3) is 5.31. The highest BCUT2D eigenvalue weighted by molar-refractivity contribution is 4.80. The Hall–Kier alpha value is -0.0800. The second-order valence-corrected chi connectivity index (χ2v) is 5.87. The Bertz CT molecular complexity index is 182. The summed E-state index contributed by atoms with van der Waals surface area (Å²) < 4.78 is 5.67. The average molecular weight is 227 g/mol. The molecular formula is C14H29NO. The van der Waals surface area contributed by atoms with E-state index >= 15 is 0 Å². The summed E-state index contributed by atoms with van der Waals surface area (Å²) in [5.41, 5.74) is 0. The number of rotatable bonds is 6. The van der Waals surface area contributed by atoms with Crippen molar-refractivity contribution in [3.05, 3.63) is 0 Å². The van der Waals surface area contributed by atoms with Gasteiger partial charge in [0.1, 0.15) is 0 Å². The van der Waals surface area contributed by atoms with Crippen molar-refractivity contribution in [1.82, 2.24) is 5.32 Å². The van der Waals surface area contributed by atoms with Gasteiger partial charge < -0.3 is 10.1 Å². The topological polar surface area (TPSA) is 21.3 Å². The third-order valence-electron chi connectivity index (χ3n) is 3.43. The van der Waals surface area contributed by atoms with Crippen molar-refractivity contribution in [2.24, 2.45) is 11.8 Å². The first-order valence-electron chi connectivity index (χ1n) is 6.93. The van der Waals surface area contributed by atoms with Crippen LogP contribution >= 0.6 is 0 Å². The van der Waals surface area contributed by atoms with Gasteiger partial charge >= 0.3 is 0 Å². The minimum atomic E-state index is 0.490. The standard InChI is InChI=1S/C14H29NO/c1-11(2)9-16-10-13(4)15-14-8-6-5-7-12(14)3/h11-15H,5-10H2,1-4H3. The van der Waals surface area contributed by atoms with E-state index in [2.05, 4.69) is 33.0 Å². The van der Waals surface area contributed by atoms with Crippen molar-refractivity contribution >= 4 is 0 Å². The van der Waals surface area contributed by atoms with Crippen molar-refractivity contribution in [3.63, 3.8) is 0 Å². The Morgan fingerprint density at radius 3 is 2.44 bits per heavy atom. The summed E-state index contributed by atoms with van der Waals surface area (Å²) in [4.78, 5) is 0. The third-order valence-corrected chi connectivity index (χ3v) is 3.43. The molecule has 2 nitrogen and oxygen atoms in total. The monoisotopic (exact) mass is 227 g/mol. The summed E-state index contributed by atoms with van der Waals surface area (Å²) in [6.45, 7) is 10.7. The first-order chi connectivity index (χ1) is 7.59. The predicted octanol–water partition coefficient (Wildman–Crippen LogP) is 3.22. The molecule has 1 aliphatic carbocycles. The summed E-state index contributed by atoms with van der Waals surface area (Å²) >= 11 is 0. The number of hydrogen-bond acceptors (Lipinski definition) is 2.